The van der Waals surface area contributed by atoms with Crippen molar-refractivity contribution in [2.45, 2.75) is 19.5 Å². The molecular formula is C13H17N5O3. The molecule has 112 valence electrons. The van der Waals surface area contributed by atoms with Crippen LogP contribution in [0.3, 0.4) is 0 Å². The first-order chi connectivity index (χ1) is 9.95. The third kappa shape index (κ3) is 3.91. The Labute approximate surface area is 121 Å². The van der Waals surface area contributed by atoms with Crippen LogP contribution in [0.4, 0.5) is 0 Å². The Morgan fingerprint density at radius 1 is 1.43 bits per heavy atom. The van der Waals surface area contributed by atoms with Crippen molar-refractivity contribution >= 4 is 11.9 Å². The van der Waals surface area contributed by atoms with Gasteiger partial charge in [0.15, 0.2) is 5.69 Å². The first-order valence-electron chi connectivity index (χ1n) is 6.44. The van der Waals surface area contributed by atoms with E-state index in [2.05, 4.69) is 10.2 Å². The van der Waals surface area contributed by atoms with Crippen molar-refractivity contribution < 1.29 is 14.7 Å². The fourth-order valence-electron chi connectivity index (χ4n) is 1.92. The average molecular weight is 291 g/mol. The maximum atomic E-state index is 12.0. The van der Waals surface area contributed by atoms with Crippen LogP contribution in [0, 0.1) is 0 Å². The maximum absolute atomic E-state index is 12.0. The van der Waals surface area contributed by atoms with Crippen molar-refractivity contribution in [2.75, 3.05) is 7.05 Å². The minimum atomic E-state index is -1.08. The number of carbonyl (C=O) groups excluding carboxylic acids is 1. The number of carboxylic acids is 1. The van der Waals surface area contributed by atoms with Gasteiger partial charge in [0.2, 0.25) is 5.91 Å². The number of rotatable bonds is 6. The molecule has 1 N–H and O–H groups in total. The third-order valence-corrected chi connectivity index (χ3v) is 3.02. The zero-order valence-electron chi connectivity index (χ0n) is 11.9. The zero-order valence-corrected chi connectivity index (χ0v) is 11.9. The van der Waals surface area contributed by atoms with Gasteiger partial charge in [-0.25, -0.2) is 4.79 Å². The van der Waals surface area contributed by atoms with Crippen molar-refractivity contribution in [2.24, 2.45) is 7.05 Å². The Morgan fingerprint density at radius 2 is 2.19 bits per heavy atom. The molecule has 0 bridgehead atoms. The summed E-state index contributed by atoms with van der Waals surface area (Å²) in [4.78, 5) is 24.3. The van der Waals surface area contributed by atoms with Gasteiger partial charge in [0.25, 0.3) is 0 Å². The van der Waals surface area contributed by atoms with Gasteiger partial charge in [-0.15, -0.1) is 0 Å². The molecule has 0 aliphatic carbocycles. The lowest BCUT2D eigenvalue weighted by Gasteiger charge is -2.16. The van der Waals surface area contributed by atoms with E-state index >= 15 is 0 Å². The lowest BCUT2D eigenvalue weighted by atomic mass is 10.3. The molecule has 0 radical (unpaired) electrons. The van der Waals surface area contributed by atoms with E-state index in [0.29, 0.717) is 13.1 Å². The number of aromatic carboxylic acids is 1. The van der Waals surface area contributed by atoms with Gasteiger partial charge in [-0.2, -0.15) is 10.2 Å². The summed E-state index contributed by atoms with van der Waals surface area (Å²) in [6.07, 6.45) is 5.39. The fraction of sp³-hybridized carbons (Fsp3) is 0.385. The Morgan fingerprint density at radius 3 is 2.76 bits per heavy atom. The van der Waals surface area contributed by atoms with E-state index in [4.69, 9.17) is 5.11 Å². The van der Waals surface area contributed by atoms with Gasteiger partial charge in [0.1, 0.15) is 0 Å². The number of aromatic nitrogens is 4. The molecule has 0 aliphatic heterocycles. The minimum Gasteiger partial charge on any atom is -0.476 e. The molecule has 0 spiro atoms. The van der Waals surface area contributed by atoms with Gasteiger partial charge in [0.05, 0.1) is 6.20 Å². The van der Waals surface area contributed by atoms with Gasteiger partial charge >= 0.3 is 5.97 Å². The summed E-state index contributed by atoms with van der Waals surface area (Å²) < 4.78 is 3.14. The zero-order chi connectivity index (χ0) is 15.4. The van der Waals surface area contributed by atoms with E-state index < -0.39 is 5.97 Å². The van der Waals surface area contributed by atoms with Crippen molar-refractivity contribution in [1.82, 2.24) is 24.5 Å². The fourth-order valence-corrected chi connectivity index (χ4v) is 1.92. The SMILES string of the molecule is CN(Cc1cnn(C)c1)C(=O)CCn1ccc(C(=O)O)n1. The number of nitrogens with zero attached hydrogens (tertiary/aromatic N) is 5. The summed E-state index contributed by atoms with van der Waals surface area (Å²) >= 11 is 0. The van der Waals surface area contributed by atoms with Gasteiger partial charge in [0, 0.05) is 51.6 Å². The van der Waals surface area contributed by atoms with Crippen LogP contribution in [-0.4, -0.2) is 48.5 Å². The molecule has 0 atom stereocenters. The van der Waals surface area contributed by atoms with Gasteiger partial charge in [-0.3, -0.25) is 14.2 Å². The normalized spacial score (nSPS) is 10.6. The van der Waals surface area contributed by atoms with Gasteiger partial charge in [-0.05, 0) is 6.07 Å². The highest BCUT2D eigenvalue weighted by atomic mass is 16.4. The summed E-state index contributed by atoms with van der Waals surface area (Å²) in [5, 5.41) is 16.7. The molecule has 2 heterocycles. The standard InChI is InChI=1S/C13H17N5O3/c1-16(8-10-7-14-17(2)9-10)12(19)4-6-18-5-3-11(15-18)13(20)21/h3,5,7,9H,4,6,8H2,1-2H3,(H,20,21). The molecule has 0 saturated heterocycles. The molecule has 21 heavy (non-hydrogen) atoms. The number of carbonyl (C=O) groups is 2. The highest BCUT2D eigenvalue weighted by Gasteiger charge is 2.12. The summed E-state index contributed by atoms with van der Waals surface area (Å²) in [5.41, 5.74) is 0.937. The van der Waals surface area contributed by atoms with Crippen molar-refractivity contribution in [3.05, 3.63) is 35.9 Å². The van der Waals surface area contributed by atoms with Gasteiger partial charge in [-0.1, -0.05) is 0 Å². The van der Waals surface area contributed by atoms with Gasteiger partial charge < -0.3 is 10.0 Å². The van der Waals surface area contributed by atoms with Crippen molar-refractivity contribution in [3.8, 4) is 0 Å². The Hall–Kier alpha value is -2.64. The van der Waals surface area contributed by atoms with Crippen LogP contribution in [0.25, 0.3) is 0 Å². The number of hydrogen-bond donors (Lipinski definition) is 1. The summed E-state index contributed by atoms with van der Waals surface area (Å²) in [6, 6.07) is 1.41. The lowest BCUT2D eigenvalue weighted by Crippen LogP contribution is -2.27. The molecule has 8 nitrogen and oxygen atoms in total. The third-order valence-electron chi connectivity index (χ3n) is 3.02. The second-order valence-corrected chi connectivity index (χ2v) is 4.79. The monoisotopic (exact) mass is 291 g/mol. The molecular weight excluding hydrogens is 274 g/mol. The predicted octanol–water partition coefficient (Wildman–Crippen LogP) is 0.363. The smallest absolute Gasteiger partial charge is 0.356 e. The largest absolute Gasteiger partial charge is 0.476 e. The second kappa shape index (κ2) is 6.21. The van der Waals surface area contributed by atoms with E-state index in [-0.39, 0.29) is 18.0 Å². The molecule has 2 aromatic rings. The van der Waals surface area contributed by atoms with Crippen LogP contribution in [0.15, 0.2) is 24.7 Å². The molecule has 8 heteroatoms. The molecule has 0 aliphatic rings. The molecule has 0 aromatic carbocycles. The van der Waals surface area contributed by atoms with Crippen LogP contribution in [-0.2, 0) is 24.9 Å². The molecule has 2 rings (SSSR count). The van der Waals surface area contributed by atoms with Crippen LogP contribution in [0.5, 0.6) is 0 Å². The Balaban J connectivity index is 1.84. The number of amides is 1. The van der Waals surface area contributed by atoms with E-state index in [1.54, 1.807) is 29.0 Å². The number of aryl methyl sites for hydroxylation is 2. The number of hydrogen-bond acceptors (Lipinski definition) is 4. The topological polar surface area (TPSA) is 93.2 Å². The predicted molar refractivity (Wildman–Crippen MR) is 73.5 cm³/mol. The minimum absolute atomic E-state index is 0.0221. The first kappa shape index (κ1) is 14.8. The summed E-state index contributed by atoms with van der Waals surface area (Å²) in [7, 11) is 3.55. The van der Waals surface area contributed by atoms with E-state index in [1.165, 1.54) is 10.7 Å². The van der Waals surface area contributed by atoms with Crippen molar-refractivity contribution in [3.63, 3.8) is 0 Å². The Bertz CT molecular complexity index is 646. The molecule has 0 unspecified atom stereocenters. The quantitative estimate of drug-likeness (QED) is 0.829. The Kier molecular flexibility index (Phi) is 4.36. The highest BCUT2D eigenvalue weighted by Crippen LogP contribution is 2.04. The van der Waals surface area contributed by atoms with Crippen LogP contribution in [0.2, 0.25) is 0 Å². The van der Waals surface area contributed by atoms with E-state index in [0.717, 1.165) is 5.56 Å². The van der Waals surface area contributed by atoms with Crippen LogP contribution < -0.4 is 0 Å². The molecule has 2 aromatic heterocycles. The van der Waals surface area contributed by atoms with E-state index in [1.807, 2.05) is 13.2 Å². The van der Waals surface area contributed by atoms with Crippen LogP contribution in [0.1, 0.15) is 22.5 Å². The first-order valence-corrected chi connectivity index (χ1v) is 6.44. The lowest BCUT2D eigenvalue weighted by molar-refractivity contribution is -0.130. The highest BCUT2D eigenvalue weighted by molar-refractivity contribution is 5.85. The van der Waals surface area contributed by atoms with Crippen LogP contribution >= 0.6 is 0 Å². The molecule has 1 amide bonds. The summed E-state index contributed by atoms with van der Waals surface area (Å²) in [6.45, 7) is 0.843. The van der Waals surface area contributed by atoms with E-state index in [9.17, 15) is 9.59 Å². The van der Waals surface area contributed by atoms with Crippen molar-refractivity contribution in [1.29, 1.82) is 0 Å². The maximum Gasteiger partial charge on any atom is 0.356 e. The molecule has 0 fully saturated rings. The average Bonchev–Trinajstić information content (AvgIpc) is 3.05. The number of carboxylic acid groups (broad SMARTS) is 1. The molecule has 0 saturated carbocycles. The summed E-state index contributed by atoms with van der Waals surface area (Å²) in [5.74, 6) is -1.11. The second-order valence-electron chi connectivity index (χ2n) is 4.79.